The summed E-state index contributed by atoms with van der Waals surface area (Å²) in [7, 11) is 0. The average molecular weight is 359 g/mol. The van der Waals surface area contributed by atoms with Crippen molar-refractivity contribution in [1.82, 2.24) is 0 Å². The van der Waals surface area contributed by atoms with E-state index in [1.165, 1.54) is 11.1 Å². The SMILES string of the molecule is Cc1ccc(NC(=S)/N=C(/Nc2ccc(C)cc2)c2ccccc2)cc1. The number of thiocarbonyl (C=S) groups is 1. The first-order valence-electron chi connectivity index (χ1n) is 8.45. The van der Waals surface area contributed by atoms with Crippen molar-refractivity contribution in [2.24, 2.45) is 4.99 Å². The molecule has 3 nitrogen and oxygen atoms in total. The number of aliphatic imine (C=N–C) groups is 1. The van der Waals surface area contributed by atoms with E-state index in [0.717, 1.165) is 16.9 Å². The van der Waals surface area contributed by atoms with E-state index in [2.05, 4.69) is 41.6 Å². The van der Waals surface area contributed by atoms with E-state index < -0.39 is 0 Å². The maximum absolute atomic E-state index is 5.44. The molecule has 0 aliphatic carbocycles. The Morgan fingerprint density at radius 2 is 1.19 bits per heavy atom. The number of hydrogen-bond acceptors (Lipinski definition) is 1. The summed E-state index contributed by atoms with van der Waals surface area (Å²) in [6.45, 7) is 4.12. The fourth-order valence-corrected chi connectivity index (χ4v) is 2.63. The van der Waals surface area contributed by atoms with Gasteiger partial charge in [0.1, 0.15) is 5.84 Å². The van der Waals surface area contributed by atoms with Gasteiger partial charge in [0.15, 0.2) is 5.11 Å². The molecule has 0 aliphatic rings. The average Bonchev–Trinajstić information content (AvgIpc) is 2.65. The summed E-state index contributed by atoms with van der Waals surface area (Å²) in [5.74, 6) is 0.707. The van der Waals surface area contributed by atoms with Crippen molar-refractivity contribution in [3.05, 3.63) is 95.6 Å². The zero-order valence-corrected chi connectivity index (χ0v) is 15.7. The molecule has 0 spiro atoms. The van der Waals surface area contributed by atoms with Crippen LogP contribution in [-0.2, 0) is 0 Å². The number of hydrogen-bond donors (Lipinski definition) is 2. The van der Waals surface area contributed by atoms with Crippen molar-refractivity contribution in [2.75, 3.05) is 10.6 Å². The summed E-state index contributed by atoms with van der Waals surface area (Å²) in [5.41, 5.74) is 5.28. The lowest BCUT2D eigenvalue weighted by molar-refractivity contribution is 1.45. The quantitative estimate of drug-likeness (QED) is 0.365. The van der Waals surface area contributed by atoms with Crippen LogP contribution in [0.1, 0.15) is 16.7 Å². The van der Waals surface area contributed by atoms with Gasteiger partial charge in [0.25, 0.3) is 0 Å². The number of anilines is 2. The Balaban J connectivity index is 1.84. The summed E-state index contributed by atoms with van der Waals surface area (Å²) >= 11 is 5.44. The third-order valence-electron chi connectivity index (χ3n) is 3.88. The van der Waals surface area contributed by atoms with Crippen molar-refractivity contribution < 1.29 is 0 Å². The Morgan fingerprint density at radius 3 is 1.73 bits per heavy atom. The topological polar surface area (TPSA) is 36.4 Å². The maximum Gasteiger partial charge on any atom is 0.199 e. The molecule has 0 unspecified atom stereocenters. The minimum Gasteiger partial charge on any atom is -0.340 e. The van der Waals surface area contributed by atoms with Crippen molar-refractivity contribution in [3.63, 3.8) is 0 Å². The summed E-state index contributed by atoms with van der Waals surface area (Å²) in [4.78, 5) is 4.61. The highest BCUT2D eigenvalue weighted by atomic mass is 32.1. The molecule has 0 saturated heterocycles. The van der Waals surface area contributed by atoms with Gasteiger partial charge in [-0.1, -0.05) is 65.7 Å². The van der Waals surface area contributed by atoms with E-state index in [1.54, 1.807) is 0 Å². The summed E-state index contributed by atoms with van der Waals surface area (Å²) in [5, 5.41) is 6.95. The normalized spacial score (nSPS) is 11.1. The maximum atomic E-state index is 5.44. The van der Waals surface area contributed by atoms with Gasteiger partial charge in [-0.05, 0) is 50.3 Å². The number of aryl methyl sites for hydroxylation is 2. The lowest BCUT2D eigenvalue weighted by atomic mass is 10.2. The van der Waals surface area contributed by atoms with E-state index in [-0.39, 0.29) is 0 Å². The Bertz CT molecular complexity index is 898. The second-order valence-corrected chi connectivity index (χ2v) is 6.50. The molecule has 130 valence electrons. The van der Waals surface area contributed by atoms with Gasteiger partial charge in [-0.2, -0.15) is 0 Å². The molecule has 0 atom stereocenters. The Morgan fingerprint density at radius 1 is 0.692 bits per heavy atom. The van der Waals surface area contributed by atoms with Crippen molar-refractivity contribution in [2.45, 2.75) is 13.8 Å². The molecule has 0 aliphatic heterocycles. The highest BCUT2D eigenvalue weighted by molar-refractivity contribution is 7.80. The van der Waals surface area contributed by atoms with Crippen LogP contribution in [0.2, 0.25) is 0 Å². The zero-order valence-electron chi connectivity index (χ0n) is 14.9. The van der Waals surface area contributed by atoms with E-state index >= 15 is 0 Å². The number of nitrogens with one attached hydrogen (secondary N) is 2. The van der Waals surface area contributed by atoms with Crippen molar-refractivity contribution >= 4 is 34.5 Å². The summed E-state index contributed by atoms with van der Waals surface area (Å²) < 4.78 is 0. The standard InChI is InChI=1S/C22H21N3S/c1-16-8-12-19(13-9-16)23-21(18-6-4-3-5-7-18)25-22(26)24-20-14-10-17(2)11-15-20/h3-15H,1-2H3,(H2,23,24,25,26). The van der Waals surface area contributed by atoms with Gasteiger partial charge in [0.05, 0.1) is 0 Å². The van der Waals surface area contributed by atoms with E-state index in [4.69, 9.17) is 12.2 Å². The Kier molecular flexibility index (Phi) is 5.77. The molecule has 0 amide bonds. The Hall–Kier alpha value is -2.98. The molecule has 3 aromatic rings. The second-order valence-electron chi connectivity index (χ2n) is 6.11. The molecule has 4 heteroatoms. The fraction of sp³-hybridized carbons (Fsp3) is 0.0909. The predicted octanol–water partition coefficient (Wildman–Crippen LogP) is 5.56. The van der Waals surface area contributed by atoms with Gasteiger partial charge in [0, 0.05) is 16.9 Å². The van der Waals surface area contributed by atoms with Crippen molar-refractivity contribution in [3.8, 4) is 0 Å². The predicted molar refractivity (Wildman–Crippen MR) is 115 cm³/mol. The zero-order chi connectivity index (χ0) is 18.4. The van der Waals surface area contributed by atoms with E-state index in [0.29, 0.717) is 10.9 Å². The number of rotatable bonds is 3. The highest BCUT2D eigenvalue weighted by Crippen LogP contribution is 2.13. The van der Waals surface area contributed by atoms with E-state index in [9.17, 15) is 0 Å². The molecule has 3 rings (SSSR count). The van der Waals surface area contributed by atoms with Gasteiger partial charge in [-0.3, -0.25) is 0 Å². The van der Waals surface area contributed by atoms with Crippen molar-refractivity contribution in [1.29, 1.82) is 0 Å². The van der Waals surface area contributed by atoms with Crippen LogP contribution in [0.3, 0.4) is 0 Å². The largest absolute Gasteiger partial charge is 0.340 e. The van der Waals surface area contributed by atoms with Gasteiger partial charge < -0.3 is 10.6 Å². The molecule has 0 heterocycles. The van der Waals surface area contributed by atoms with Gasteiger partial charge in [0.2, 0.25) is 0 Å². The summed E-state index contributed by atoms with van der Waals surface area (Å²) in [6.07, 6.45) is 0. The van der Waals surface area contributed by atoms with Crippen LogP contribution in [0.4, 0.5) is 11.4 Å². The Labute approximate surface area is 159 Å². The van der Waals surface area contributed by atoms with Gasteiger partial charge >= 0.3 is 0 Å². The minimum absolute atomic E-state index is 0.410. The van der Waals surface area contributed by atoms with Crippen LogP contribution in [0.5, 0.6) is 0 Å². The van der Waals surface area contributed by atoms with Crippen LogP contribution >= 0.6 is 12.2 Å². The summed E-state index contributed by atoms with van der Waals surface area (Å²) in [6, 6.07) is 26.2. The molecular formula is C22H21N3S. The fourth-order valence-electron chi connectivity index (χ4n) is 2.42. The third-order valence-corrected chi connectivity index (χ3v) is 4.07. The van der Waals surface area contributed by atoms with Crippen LogP contribution in [0.15, 0.2) is 83.9 Å². The van der Waals surface area contributed by atoms with Gasteiger partial charge in [-0.15, -0.1) is 0 Å². The molecule has 0 fully saturated rings. The van der Waals surface area contributed by atoms with Crippen LogP contribution in [-0.4, -0.2) is 10.9 Å². The molecule has 26 heavy (non-hydrogen) atoms. The first kappa shape index (κ1) is 17.8. The smallest absolute Gasteiger partial charge is 0.199 e. The molecule has 2 N–H and O–H groups in total. The molecule has 0 saturated carbocycles. The second kappa shape index (κ2) is 8.41. The third kappa shape index (κ3) is 5.01. The molecular weight excluding hydrogens is 338 g/mol. The molecule has 0 bridgehead atoms. The first-order valence-corrected chi connectivity index (χ1v) is 8.86. The highest BCUT2D eigenvalue weighted by Gasteiger charge is 2.06. The first-order chi connectivity index (χ1) is 12.6. The number of nitrogens with zero attached hydrogens (tertiary/aromatic N) is 1. The monoisotopic (exact) mass is 359 g/mol. The molecule has 0 aromatic heterocycles. The van der Waals surface area contributed by atoms with E-state index in [1.807, 2.05) is 66.7 Å². The van der Waals surface area contributed by atoms with Crippen LogP contribution < -0.4 is 10.6 Å². The lowest BCUT2D eigenvalue weighted by Crippen LogP contribution is -2.18. The number of amidine groups is 1. The number of benzene rings is 3. The van der Waals surface area contributed by atoms with Crippen LogP contribution in [0.25, 0.3) is 0 Å². The lowest BCUT2D eigenvalue weighted by Gasteiger charge is -2.12. The van der Waals surface area contributed by atoms with Gasteiger partial charge in [-0.25, -0.2) is 4.99 Å². The van der Waals surface area contributed by atoms with Crippen LogP contribution in [0, 0.1) is 13.8 Å². The molecule has 0 radical (unpaired) electrons. The minimum atomic E-state index is 0.410. The molecule has 3 aromatic carbocycles.